The fraction of sp³-hybridized carbons (Fsp3) is 0.556. The molecule has 2 saturated carbocycles. The van der Waals surface area contributed by atoms with Crippen LogP contribution in [0.3, 0.4) is 0 Å². The molecular weight excluding hydrogens is 232 g/mol. The molecule has 0 bridgehead atoms. The van der Waals surface area contributed by atoms with E-state index in [2.05, 4.69) is 25.5 Å². The van der Waals surface area contributed by atoms with E-state index in [1.165, 1.54) is 31.2 Å². The second-order valence-corrected chi connectivity index (χ2v) is 6.84. The highest BCUT2D eigenvalue weighted by Gasteiger charge is 2.51. The van der Waals surface area contributed by atoms with Crippen molar-refractivity contribution in [1.29, 1.82) is 0 Å². The maximum atomic E-state index is 12.4. The Morgan fingerprint density at radius 3 is 3.16 bits per heavy atom. The van der Waals surface area contributed by atoms with E-state index in [0.29, 0.717) is 23.0 Å². The first-order valence-electron chi connectivity index (χ1n) is 7.56. The van der Waals surface area contributed by atoms with Gasteiger partial charge in [0.05, 0.1) is 0 Å². The van der Waals surface area contributed by atoms with Gasteiger partial charge in [0.2, 0.25) is 0 Å². The average Bonchev–Trinajstić information content (AvgIpc) is 2.81. The molecule has 1 heteroatoms. The van der Waals surface area contributed by atoms with E-state index in [-0.39, 0.29) is 0 Å². The predicted octanol–water partition coefficient (Wildman–Crippen LogP) is 4.19. The van der Waals surface area contributed by atoms with Gasteiger partial charge in [-0.15, -0.1) is 0 Å². The van der Waals surface area contributed by atoms with E-state index < -0.39 is 0 Å². The largest absolute Gasteiger partial charge is 0.294 e. The van der Waals surface area contributed by atoms with E-state index in [1.54, 1.807) is 0 Å². The van der Waals surface area contributed by atoms with Crippen LogP contribution in [0.5, 0.6) is 0 Å². The van der Waals surface area contributed by atoms with Gasteiger partial charge >= 0.3 is 0 Å². The molecule has 0 aromatic heterocycles. The summed E-state index contributed by atoms with van der Waals surface area (Å²) in [6.45, 7) is 2.42. The van der Waals surface area contributed by atoms with Crippen molar-refractivity contribution in [2.45, 2.75) is 44.9 Å². The molecule has 98 valence electrons. The molecule has 0 aliphatic heterocycles. The van der Waals surface area contributed by atoms with Crippen LogP contribution >= 0.6 is 0 Å². The van der Waals surface area contributed by atoms with Crippen LogP contribution in [0, 0.1) is 29.7 Å². The summed E-state index contributed by atoms with van der Waals surface area (Å²) < 4.78 is 0. The Labute approximate surface area is 115 Å². The maximum Gasteiger partial charge on any atom is 0.163 e. The van der Waals surface area contributed by atoms with Gasteiger partial charge in [0.1, 0.15) is 0 Å². The summed E-state index contributed by atoms with van der Waals surface area (Å²) in [4.78, 5) is 12.4. The number of rotatable bonds is 0. The Bertz CT molecular complexity index is 532. The van der Waals surface area contributed by atoms with E-state index in [1.807, 2.05) is 12.1 Å². The number of carbonyl (C=O) groups is 1. The molecule has 19 heavy (non-hydrogen) atoms. The summed E-state index contributed by atoms with van der Waals surface area (Å²) in [6.07, 6.45) is 8.38. The minimum Gasteiger partial charge on any atom is -0.294 e. The highest BCUT2D eigenvalue weighted by atomic mass is 16.1. The van der Waals surface area contributed by atoms with E-state index >= 15 is 0 Å². The third-order valence-corrected chi connectivity index (χ3v) is 5.98. The van der Waals surface area contributed by atoms with E-state index in [4.69, 9.17) is 0 Å². The van der Waals surface area contributed by atoms with Crippen molar-refractivity contribution in [3.8, 4) is 0 Å². The van der Waals surface area contributed by atoms with Gasteiger partial charge in [-0.2, -0.15) is 0 Å². The number of benzene rings is 1. The van der Waals surface area contributed by atoms with E-state index in [0.717, 1.165) is 17.9 Å². The third kappa shape index (κ3) is 1.57. The quantitative estimate of drug-likeness (QED) is 0.676. The Morgan fingerprint density at radius 1 is 1.37 bits per heavy atom. The lowest BCUT2D eigenvalue weighted by Gasteiger charge is -2.48. The first-order valence-corrected chi connectivity index (χ1v) is 7.56. The molecule has 4 atom stereocenters. The number of carbonyl (C=O) groups excluding carboxylic acids is 1. The predicted molar refractivity (Wildman–Crippen MR) is 74.8 cm³/mol. The van der Waals surface area contributed by atoms with Crippen molar-refractivity contribution in [2.24, 2.45) is 17.3 Å². The summed E-state index contributed by atoms with van der Waals surface area (Å²) in [5.41, 5.74) is 2.67. The minimum atomic E-state index is 0.351. The Morgan fingerprint density at radius 2 is 2.26 bits per heavy atom. The van der Waals surface area contributed by atoms with Gasteiger partial charge in [-0.05, 0) is 73.0 Å². The molecular formula is C18H20O. The molecule has 3 aliphatic carbocycles. The monoisotopic (exact) mass is 252 g/mol. The molecule has 1 nitrogen and oxygen atoms in total. The van der Waals surface area contributed by atoms with E-state index in [9.17, 15) is 4.79 Å². The minimum absolute atomic E-state index is 0.351. The van der Waals surface area contributed by atoms with Crippen LogP contribution in [0.4, 0.5) is 0 Å². The van der Waals surface area contributed by atoms with Crippen molar-refractivity contribution in [3.63, 3.8) is 0 Å². The number of hydrogen-bond acceptors (Lipinski definition) is 1. The number of Topliss-reactive ketones (excluding diaryl/α,β-unsaturated/α-hetero) is 1. The molecule has 3 aliphatic rings. The Balaban J connectivity index is 1.78. The van der Waals surface area contributed by atoms with Crippen molar-refractivity contribution in [3.05, 3.63) is 41.8 Å². The van der Waals surface area contributed by atoms with Crippen LogP contribution in [-0.2, 0) is 0 Å². The highest BCUT2D eigenvalue weighted by molar-refractivity contribution is 5.99. The van der Waals surface area contributed by atoms with Gasteiger partial charge in [0.25, 0.3) is 0 Å². The second kappa shape index (κ2) is 3.94. The van der Waals surface area contributed by atoms with Crippen LogP contribution in [-0.4, -0.2) is 5.78 Å². The molecule has 0 spiro atoms. The van der Waals surface area contributed by atoms with Crippen LogP contribution in [0.15, 0.2) is 18.2 Å². The lowest BCUT2D eigenvalue weighted by atomic mass is 9.55. The molecule has 4 rings (SSSR count). The van der Waals surface area contributed by atoms with Gasteiger partial charge in [-0.3, -0.25) is 4.79 Å². The average molecular weight is 252 g/mol. The normalized spacial score (nSPS) is 40.5. The molecule has 1 aromatic rings. The summed E-state index contributed by atoms with van der Waals surface area (Å²) in [6, 6.07) is 9.10. The van der Waals surface area contributed by atoms with Gasteiger partial charge < -0.3 is 0 Å². The van der Waals surface area contributed by atoms with Crippen molar-refractivity contribution >= 4 is 5.78 Å². The zero-order chi connectivity index (χ0) is 13.0. The molecule has 2 fully saturated rings. The first kappa shape index (κ1) is 11.7. The molecule has 0 saturated heterocycles. The topological polar surface area (TPSA) is 17.1 Å². The highest BCUT2D eigenvalue weighted by Crippen LogP contribution is 2.60. The van der Waals surface area contributed by atoms with Crippen molar-refractivity contribution in [1.82, 2.24) is 0 Å². The Hall–Kier alpha value is -1.11. The maximum absolute atomic E-state index is 12.4. The third-order valence-electron chi connectivity index (χ3n) is 5.98. The molecule has 1 aromatic carbocycles. The van der Waals surface area contributed by atoms with Crippen LogP contribution in [0.2, 0.25) is 0 Å². The molecule has 0 amide bonds. The summed E-state index contributed by atoms with van der Waals surface area (Å²) in [7, 11) is 0. The zero-order valence-electron chi connectivity index (χ0n) is 11.5. The summed E-state index contributed by atoms with van der Waals surface area (Å²) in [5, 5.41) is 0. The SMILES string of the molecule is CC12[CH]CCC1C1CC(=O)c3c[c]ccc3C1CC2. The fourth-order valence-corrected chi connectivity index (χ4v) is 5.03. The first-order chi connectivity index (χ1) is 9.19. The van der Waals surface area contributed by atoms with Gasteiger partial charge in [0, 0.05) is 12.0 Å². The zero-order valence-corrected chi connectivity index (χ0v) is 11.5. The van der Waals surface area contributed by atoms with Crippen molar-refractivity contribution in [2.75, 3.05) is 0 Å². The number of fused-ring (bicyclic) bond motifs is 5. The smallest absolute Gasteiger partial charge is 0.163 e. The summed E-state index contributed by atoms with van der Waals surface area (Å²) >= 11 is 0. The van der Waals surface area contributed by atoms with Crippen LogP contribution in [0.25, 0.3) is 0 Å². The number of hydrogen-bond donors (Lipinski definition) is 0. The van der Waals surface area contributed by atoms with Gasteiger partial charge in [-0.1, -0.05) is 19.1 Å². The second-order valence-electron chi connectivity index (χ2n) is 6.84. The van der Waals surface area contributed by atoms with Gasteiger partial charge in [-0.25, -0.2) is 0 Å². The fourth-order valence-electron chi connectivity index (χ4n) is 5.03. The molecule has 2 radical (unpaired) electrons. The molecule has 0 N–H and O–H groups in total. The lowest BCUT2D eigenvalue weighted by molar-refractivity contribution is 0.0644. The van der Waals surface area contributed by atoms with Crippen LogP contribution in [0.1, 0.15) is 60.9 Å². The molecule has 0 heterocycles. The standard InChI is InChI=1S/C18H20O/c1-18-9-4-7-16(18)15-11-17(19)14-6-3-2-5-12(14)13(15)8-10-18/h2,5-6,9,13,15-16H,4,7-8,10-11H2,1H3. The lowest BCUT2D eigenvalue weighted by Crippen LogP contribution is -2.41. The van der Waals surface area contributed by atoms with Crippen LogP contribution < -0.4 is 0 Å². The van der Waals surface area contributed by atoms with Crippen molar-refractivity contribution < 1.29 is 4.79 Å². The summed E-state index contributed by atoms with van der Waals surface area (Å²) in [5.74, 6) is 2.28. The molecule has 4 unspecified atom stereocenters. The Kier molecular flexibility index (Phi) is 2.43. The van der Waals surface area contributed by atoms with Gasteiger partial charge in [0.15, 0.2) is 5.78 Å². The number of ketones is 1.